The summed E-state index contributed by atoms with van der Waals surface area (Å²) < 4.78 is 2.22. The molecule has 1 unspecified atom stereocenters. The summed E-state index contributed by atoms with van der Waals surface area (Å²) in [6.45, 7) is 4.48. The second kappa shape index (κ2) is 6.18. The second-order valence-corrected chi connectivity index (χ2v) is 5.64. The molecule has 0 aliphatic carbocycles. The number of rotatable bonds is 4. The van der Waals surface area contributed by atoms with Gasteiger partial charge >= 0.3 is 0 Å². The molecule has 106 valence electrons. The van der Waals surface area contributed by atoms with E-state index < -0.39 is 0 Å². The van der Waals surface area contributed by atoms with E-state index in [-0.39, 0.29) is 0 Å². The van der Waals surface area contributed by atoms with Crippen LogP contribution in [-0.4, -0.2) is 27.9 Å². The van der Waals surface area contributed by atoms with Gasteiger partial charge in [-0.2, -0.15) is 0 Å². The lowest BCUT2D eigenvalue weighted by atomic mass is 9.94. The van der Waals surface area contributed by atoms with Crippen LogP contribution in [0.25, 0.3) is 0 Å². The Labute approximate surface area is 120 Å². The van der Waals surface area contributed by atoms with Crippen LogP contribution >= 0.6 is 0 Å². The largest absolute Gasteiger partial charge is 0.317 e. The third-order valence-corrected chi connectivity index (χ3v) is 4.28. The van der Waals surface area contributed by atoms with Gasteiger partial charge in [-0.1, -0.05) is 30.3 Å². The van der Waals surface area contributed by atoms with E-state index in [1.807, 2.05) is 6.33 Å². The van der Waals surface area contributed by atoms with Crippen LogP contribution in [0.2, 0.25) is 0 Å². The summed E-state index contributed by atoms with van der Waals surface area (Å²) in [4.78, 5) is 0. The van der Waals surface area contributed by atoms with Crippen LogP contribution in [0.5, 0.6) is 0 Å². The molecule has 20 heavy (non-hydrogen) atoms. The first kappa shape index (κ1) is 13.3. The van der Waals surface area contributed by atoms with Crippen LogP contribution < -0.4 is 5.32 Å². The minimum Gasteiger partial charge on any atom is -0.317 e. The molecule has 4 nitrogen and oxygen atoms in total. The lowest BCUT2D eigenvalue weighted by molar-refractivity contribution is 0.361. The molecule has 2 aromatic rings. The van der Waals surface area contributed by atoms with Crippen LogP contribution in [0.4, 0.5) is 0 Å². The van der Waals surface area contributed by atoms with Crippen molar-refractivity contribution in [2.24, 2.45) is 5.92 Å². The molecule has 1 atom stereocenters. The molecule has 1 aliphatic rings. The zero-order valence-electron chi connectivity index (χ0n) is 12.0. The van der Waals surface area contributed by atoms with Crippen molar-refractivity contribution in [3.8, 4) is 0 Å². The molecule has 1 aromatic carbocycles. The first-order valence-electron chi connectivity index (χ1n) is 7.48. The molecule has 1 N–H and O–H groups in total. The average molecular weight is 270 g/mol. The van der Waals surface area contributed by atoms with Crippen LogP contribution in [0.1, 0.15) is 37.2 Å². The summed E-state index contributed by atoms with van der Waals surface area (Å²) in [6.07, 6.45) is 5.39. The molecule has 1 fully saturated rings. The van der Waals surface area contributed by atoms with Gasteiger partial charge in [-0.25, -0.2) is 0 Å². The molecule has 1 saturated heterocycles. The van der Waals surface area contributed by atoms with E-state index in [0.717, 1.165) is 31.3 Å². The summed E-state index contributed by atoms with van der Waals surface area (Å²) in [5.41, 5.74) is 1.30. The standard InChI is InChI=1S/C16H22N4/c1-13(15-5-3-2-4-6-15)20-12-18-19-16(20)11-14-7-9-17-10-8-14/h2-6,12-14,17H,7-11H2,1H3. The van der Waals surface area contributed by atoms with E-state index in [2.05, 4.69) is 57.3 Å². The first-order valence-corrected chi connectivity index (χ1v) is 7.48. The van der Waals surface area contributed by atoms with Crippen LogP contribution in [0.15, 0.2) is 36.7 Å². The number of nitrogens with zero attached hydrogens (tertiary/aromatic N) is 3. The zero-order chi connectivity index (χ0) is 13.8. The average Bonchev–Trinajstić information content (AvgIpc) is 2.96. The van der Waals surface area contributed by atoms with Gasteiger partial charge in [0, 0.05) is 6.42 Å². The van der Waals surface area contributed by atoms with Crippen molar-refractivity contribution in [1.29, 1.82) is 0 Å². The predicted molar refractivity (Wildman–Crippen MR) is 79.6 cm³/mol. The monoisotopic (exact) mass is 270 g/mol. The van der Waals surface area contributed by atoms with Gasteiger partial charge in [-0.15, -0.1) is 10.2 Å². The summed E-state index contributed by atoms with van der Waals surface area (Å²) in [5, 5.41) is 11.9. The van der Waals surface area contributed by atoms with Crippen molar-refractivity contribution >= 4 is 0 Å². The summed E-state index contributed by atoms with van der Waals surface area (Å²) >= 11 is 0. The predicted octanol–water partition coefficient (Wildman–Crippen LogP) is 2.43. The first-order chi connectivity index (χ1) is 9.84. The smallest absolute Gasteiger partial charge is 0.133 e. The van der Waals surface area contributed by atoms with Gasteiger partial charge in [0.05, 0.1) is 6.04 Å². The molecule has 0 saturated carbocycles. The van der Waals surface area contributed by atoms with Gasteiger partial charge in [0.15, 0.2) is 0 Å². The molecular formula is C16H22N4. The van der Waals surface area contributed by atoms with Crippen molar-refractivity contribution in [1.82, 2.24) is 20.1 Å². The summed E-state index contributed by atoms with van der Waals surface area (Å²) in [7, 11) is 0. The lowest BCUT2D eigenvalue weighted by Gasteiger charge is -2.23. The highest BCUT2D eigenvalue weighted by Gasteiger charge is 2.19. The van der Waals surface area contributed by atoms with E-state index in [1.165, 1.54) is 18.4 Å². The number of hydrogen-bond donors (Lipinski definition) is 1. The zero-order valence-corrected chi connectivity index (χ0v) is 12.0. The van der Waals surface area contributed by atoms with Crippen molar-refractivity contribution in [2.45, 2.75) is 32.2 Å². The molecule has 1 aromatic heterocycles. The van der Waals surface area contributed by atoms with Crippen molar-refractivity contribution in [2.75, 3.05) is 13.1 Å². The van der Waals surface area contributed by atoms with Gasteiger partial charge < -0.3 is 9.88 Å². The number of benzene rings is 1. The minimum absolute atomic E-state index is 0.294. The topological polar surface area (TPSA) is 42.7 Å². The molecular weight excluding hydrogens is 248 g/mol. The van der Waals surface area contributed by atoms with Gasteiger partial charge in [0.1, 0.15) is 12.2 Å². The molecule has 3 rings (SSSR count). The molecule has 2 heterocycles. The van der Waals surface area contributed by atoms with Gasteiger partial charge in [0.25, 0.3) is 0 Å². The maximum absolute atomic E-state index is 4.35. The Kier molecular flexibility index (Phi) is 4.11. The van der Waals surface area contributed by atoms with E-state index in [4.69, 9.17) is 0 Å². The Morgan fingerprint density at radius 2 is 2.00 bits per heavy atom. The van der Waals surface area contributed by atoms with Crippen LogP contribution in [0, 0.1) is 5.92 Å². The lowest BCUT2D eigenvalue weighted by Crippen LogP contribution is -2.29. The highest BCUT2D eigenvalue weighted by molar-refractivity contribution is 5.19. The van der Waals surface area contributed by atoms with E-state index in [0.29, 0.717) is 6.04 Å². The van der Waals surface area contributed by atoms with E-state index in [1.54, 1.807) is 0 Å². The maximum Gasteiger partial charge on any atom is 0.133 e. The minimum atomic E-state index is 0.294. The number of piperidine rings is 1. The Bertz CT molecular complexity index is 528. The highest BCUT2D eigenvalue weighted by Crippen LogP contribution is 2.22. The maximum atomic E-state index is 4.35. The number of aromatic nitrogens is 3. The van der Waals surface area contributed by atoms with Gasteiger partial charge in [0.2, 0.25) is 0 Å². The quantitative estimate of drug-likeness (QED) is 0.928. The van der Waals surface area contributed by atoms with Gasteiger partial charge in [-0.3, -0.25) is 0 Å². The molecule has 1 aliphatic heterocycles. The molecule has 0 bridgehead atoms. The highest BCUT2D eigenvalue weighted by atomic mass is 15.3. The molecule has 0 amide bonds. The third kappa shape index (κ3) is 2.90. The van der Waals surface area contributed by atoms with E-state index in [9.17, 15) is 0 Å². The molecule has 0 spiro atoms. The number of nitrogens with one attached hydrogen (secondary N) is 1. The van der Waals surface area contributed by atoms with Crippen molar-refractivity contribution in [3.63, 3.8) is 0 Å². The SMILES string of the molecule is CC(c1ccccc1)n1cnnc1CC1CCNCC1. The second-order valence-electron chi connectivity index (χ2n) is 5.64. The van der Waals surface area contributed by atoms with Crippen LogP contribution in [-0.2, 0) is 6.42 Å². The van der Waals surface area contributed by atoms with Gasteiger partial charge in [-0.05, 0) is 44.3 Å². The third-order valence-electron chi connectivity index (χ3n) is 4.28. The van der Waals surface area contributed by atoms with E-state index >= 15 is 0 Å². The normalized spacial score (nSPS) is 18.1. The summed E-state index contributed by atoms with van der Waals surface area (Å²) in [5.74, 6) is 1.86. The number of hydrogen-bond acceptors (Lipinski definition) is 3. The Hall–Kier alpha value is -1.68. The van der Waals surface area contributed by atoms with Crippen molar-refractivity contribution in [3.05, 3.63) is 48.0 Å². The fourth-order valence-corrected chi connectivity index (χ4v) is 2.97. The fraction of sp³-hybridized carbons (Fsp3) is 0.500. The molecule has 4 heteroatoms. The van der Waals surface area contributed by atoms with Crippen molar-refractivity contribution < 1.29 is 0 Å². The molecule has 0 radical (unpaired) electrons. The Morgan fingerprint density at radius 1 is 1.25 bits per heavy atom. The van der Waals surface area contributed by atoms with Crippen LogP contribution in [0.3, 0.4) is 0 Å². The summed E-state index contributed by atoms with van der Waals surface area (Å²) in [6, 6.07) is 10.9. The Balaban J connectivity index is 1.75. The Morgan fingerprint density at radius 3 is 2.75 bits per heavy atom. The fourth-order valence-electron chi connectivity index (χ4n) is 2.97.